The number of anilines is 6. The normalized spacial score (nSPS) is 11.9. The van der Waals surface area contributed by atoms with Gasteiger partial charge >= 0.3 is 57.4 Å². The quantitative estimate of drug-likeness (QED) is 0.0552. The molecule has 0 spiro atoms. The van der Waals surface area contributed by atoms with Gasteiger partial charge in [-0.15, -0.1) is 0 Å². The van der Waals surface area contributed by atoms with Crippen LogP contribution in [0.4, 0.5) is 38.9 Å². The van der Waals surface area contributed by atoms with Crippen molar-refractivity contribution in [2.45, 2.75) is 19.6 Å². The van der Waals surface area contributed by atoms with Gasteiger partial charge in [-0.05, 0) is 83.6 Å². The summed E-state index contributed by atoms with van der Waals surface area (Å²) in [4.78, 5) is 63.2. The Labute approximate surface area is 479 Å². The van der Waals surface area contributed by atoms with E-state index in [0.29, 0.717) is 12.1 Å². The topological polar surface area (TPSA) is 398 Å². The second-order valence-electron chi connectivity index (χ2n) is 16.9. The van der Waals surface area contributed by atoms with E-state index in [2.05, 4.69) is 31.9 Å². The number of carbonyl (C=O) groups excluding carboxylic acids is 5. The zero-order valence-electron chi connectivity index (χ0n) is 40.4. The number of nitrogens with zero attached hydrogens (tertiary/aromatic N) is 4. The third-order valence-electron chi connectivity index (χ3n) is 11.4. The molecule has 9 N–H and O–H groups in total. The molecule has 0 aliphatic heterocycles. The minimum absolute atomic E-state index is 0. The van der Waals surface area contributed by atoms with Gasteiger partial charge in [-0.1, -0.05) is 12.1 Å². The molecular weight excluding hydrogens is 1120 g/mol. The molecule has 4 heterocycles. The van der Waals surface area contributed by atoms with Crippen molar-refractivity contribution in [1.82, 2.24) is 18.3 Å². The van der Waals surface area contributed by atoms with Crippen LogP contribution in [0.25, 0.3) is 21.5 Å². The van der Waals surface area contributed by atoms with Crippen molar-refractivity contribution in [3.63, 3.8) is 0 Å². The molecule has 0 fully saturated rings. The summed E-state index contributed by atoms with van der Waals surface area (Å²) in [6, 6.07) is 15.1. The molecule has 27 nitrogen and oxygen atoms in total. The van der Waals surface area contributed by atoms with E-state index < -0.39 is 89.7 Å². The van der Waals surface area contributed by atoms with Crippen LogP contribution in [0, 0.1) is 0 Å². The van der Waals surface area contributed by atoms with Crippen molar-refractivity contribution >= 4 is 126 Å². The number of rotatable bonds is 14. The summed E-state index contributed by atoms with van der Waals surface area (Å²) in [6.07, 6.45) is 5.75. The van der Waals surface area contributed by atoms with Crippen molar-refractivity contribution in [3.05, 3.63) is 132 Å². The number of nitrogens with one attached hydrogen (secondary N) is 6. The summed E-state index contributed by atoms with van der Waals surface area (Å²) in [5.41, 5.74) is 1.01. The van der Waals surface area contributed by atoms with Gasteiger partial charge in [0.05, 0.1) is 32.5 Å². The maximum Gasteiger partial charge on any atom is 1.00 e. The Morgan fingerprint density at radius 2 is 0.701 bits per heavy atom. The molecule has 0 bridgehead atoms. The molecule has 0 atom stereocenters. The van der Waals surface area contributed by atoms with Gasteiger partial charge in [-0.3, -0.25) is 32.8 Å². The average Bonchev–Trinajstić information content (AvgIpc) is 4.08. The molecule has 396 valence electrons. The molecule has 0 saturated heterocycles. The number of benzene rings is 4. The van der Waals surface area contributed by atoms with E-state index in [-0.39, 0.29) is 130 Å². The maximum atomic E-state index is 13.4. The van der Waals surface area contributed by atoms with Gasteiger partial charge in [0.1, 0.15) is 42.7 Å². The van der Waals surface area contributed by atoms with E-state index in [1.165, 1.54) is 126 Å². The van der Waals surface area contributed by atoms with Gasteiger partial charge < -0.3 is 54.7 Å². The number of fused-ring (bicyclic) bond motifs is 2. The largest absolute Gasteiger partial charge is 1.00 e. The minimum Gasteiger partial charge on any atom is -0.744 e. The molecule has 0 saturated carbocycles. The van der Waals surface area contributed by atoms with Gasteiger partial charge in [0, 0.05) is 75.1 Å². The van der Waals surface area contributed by atoms with Crippen LogP contribution < -0.4 is 83.3 Å². The van der Waals surface area contributed by atoms with E-state index in [4.69, 9.17) is 0 Å². The SMILES string of the molecule is Cn1cc(NC(=O)Nc2cc(C(=O)Nc3cc(C(=O)Nc4ccc5cc(S(=O)(=O)O)cc(S(=O)(=O)O)c5c4)n(C)c3)n(C)c2)cc1C(=O)Nc1cc(C(=O)Nc2ccc3cc(S(=O)(=O)[O-])cc(S(=O)(=O)O)c3c2)n(C)c1.[K+]. The molecule has 4 aromatic carbocycles. The number of urea groups is 1. The third-order valence-corrected chi connectivity index (χ3v) is 14.9. The Morgan fingerprint density at radius 1 is 0.403 bits per heavy atom. The van der Waals surface area contributed by atoms with Crippen LogP contribution >= 0.6 is 0 Å². The Balaban J connectivity index is 0.00000861. The summed E-state index contributed by atoms with van der Waals surface area (Å²) in [6.45, 7) is 0. The van der Waals surface area contributed by atoms with Gasteiger partial charge in [0.2, 0.25) is 0 Å². The van der Waals surface area contributed by atoms with E-state index in [1.54, 1.807) is 0 Å². The summed E-state index contributed by atoms with van der Waals surface area (Å²) >= 11 is 0. The Kier molecular flexibility index (Phi) is 16.0. The summed E-state index contributed by atoms with van der Waals surface area (Å²) in [5.74, 6) is -2.72. The van der Waals surface area contributed by atoms with Crippen LogP contribution in [-0.4, -0.2) is 99.8 Å². The van der Waals surface area contributed by atoms with Crippen LogP contribution in [-0.2, 0) is 68.7 Å². The maximum absolute atomic E-state index is 13.4. The van der Waals surface area contributed by atoms with Crippen molar-refractivity contribution < 1.29 is 127 Å². The second-order valence-corrected chi connectivity index (χ2v) is 22.5. The van der Waals surface area contributed by atoms with Crippen molar-refractivity contribution in [1.29, 1.82) is 0 Å². The van der Waals surface area contributed by atoms with Gasteiger partial charge in [0.15, 0.2) is 0 Å². The average molecular weight is 1160 g/mol. The predicted octanol–water partition coefficient (Wildman–Crippen LogP) is 1.65. The number of aryl methyl sites for hydroxylation is 4. The fourth-order valence-electron chi connectivity index (χ4n) is 7.98. The Hall–Kier alpha value is -7.05. The van der Waals surface area contributed by atoms with Crippen LogP contribution in [0.15, 0.2) is 129 Å². The number of hydrogen-bond donors (Lipinski definition) is 9. The monoisotopic (exact) mass is 1160 g/mol. The number of amides is 6. The molecule has 0 aliphatic carbocycles. The van der Waals surface area contributed by atoms with Crippen LogP contribution in [0.2, 0.25) is 0 Å². The summed E-state index contributed by atoms with van der Waals surface area (Å²) in [7, 11) is -13.9. The zero-order chi connectivity index (χ0) is 55.6. The molecule has 4 aromatic heterocycles. The molecule has 6 amide bonds. The van der Waals surface area contributed by atoms with Crippen LogP contribution in [0.3, 0.4) is 0 Å². The summed E-state index contributed by atoms with van der Waals surface area (Å²) < 4.78 is 141. The smallest absolute Gasteiger partial charge is 0.744 e. The van der Waals surface area contributed by atoms with Gasteiger partial charge in [-0.2, -0.15) is 25.3 Å². The fraction of sp³-hybridized carbons (Fsp3) is 0.0889. The molecule has 77 heavy (non-hydrogen) atoms. The van der Waals surface area contributed by atoms with E-state index >= 15 is 0 Å². The molecule has 8 rings (SSSR count). The third kappa shape index (κ3) is 12.9. The van der Waals surface area contributed by atoms with Crippen LogP contribution in [0.1, 0.15) is 42.0 Å². The Morgan fingerprint density at radius 3 is 1.01 bits per heavy atom. The van der Waals surface area contributed by atoms with Crippen molar-refractivity contribution in [2.24, 2.45) is 28.2 Å². The van der Waals surface area contributed by atoms with Gasteiger partial charge in [-0.25, -0.2) is 13.2 Å². The number of aromatic nitrogens is 4. The first-order valence-electron chi connectivity index (χ1n) is 21.4. The molecule has 32 heteroatoms. The number of hydrogen-bond acceptors (Lipinski definition) is 14. The minimum atomic E-state index is -5.10. The molecule has 0 unspecified atom stereocenters. The first-order valence-corrected chi connectivity index (χ1v) is 27.1. The van der Waals surface area contributed by atoms with Crippen molar-refractivity contribution in [3.8, 4) is 0 Å². The molecule has 8 aromatic rings. The predicted molar refractivity (Wildman–Crippen MR) is 271 cm³/mol. The van der Waals surface area contributed by atoms with Gasteiger partial charge in [0.25, 0.3) is 54.0 Å². The second kappa shape index (κ2) is 21.4. The first-order chi connectivity index (χ1) is 35.3. The fourth-order valence-corrected chi connectivity index (χ4v) is 10.7. The van der Waals surface area contributed by atoms with E-state index in [1.807, 2.05) is 0 Å². The molecule has 0 radical (unpaired) electrons. The number of carbonyl (C=O) groups is 5. The molecule has 0 aliphatic rings. The standard InChI is InChI=1S/C45H40N10O17S4.K/c1-52-19-27(13-35(52)41(56)46-25-7-5-23-9-31(73(61,62)63)17-39(33(23)11-25)75(67,68)69)48-43(58)37-15-29(21-54(37)3)50-45(60)51-30-16-38(55(4)22-30)44(59)49-28-14-36(53(2)20-28)42(57)47-26-8-6-24-10-32(74(64,65)66)18-40(34(24)12-26)76(70,71)72;/h5-22H,1-4H3,(H,46,56)(H,47,57)(H,48,58)(H,49,59)(H2,50,51,60)(H,61,62,63)(H,64,65,66)(H,67,68,69)(H,70,71,72);/q;+1/p-1. The first kappa shape index (κ1) is 57.6. The van der Waals surface area contributed by atoms with E-state index in [0.717, 1.165) is 18.2 Å². The van der Waals surface area contributed by atoms with Crippen molar-refractivity contribution in [2.75, 3.05) is 31.9 Å². The van der Waals surface area contributed by atoms with Crippen LogP contribution in [0.5, 0.6) is 0 Å². The zero-order valence-corrected chi connectivity index (χ0v) is 46.8. The summed E-state index contributed by atoms with van der Waals surface area (Å²) in [5, 5.41) is 15.3. The van der Waals surface area contributed by atoms with E-state index in [9.17, 15) is 75.9 Å². The molecular formula is C45H39KN10O17S4. The Bertz CT molecular complexity index is 4030.